The number of thioether (sulfide) groups is 1. The predicted octanol–water partition coefficient (Wildman–Crippen LogP) is 3.16. The highest BCUT2D eigenvalue weighted by Crippen LogP contribution is 2.34. The van der Waals surface area contributed by atoms with Crippen LogP contribution >= 0.6 is 11.8 Å². The van der Waals surface area contributed by atoms with Gasteiger partial charge in [0.05, 0.1) is 16.8 Å². The number of rotatable bonds is 5. The second kappa shape index (κ2) is 6.88. The molecule has 0 saturated heterocycles. The van der Waals surface area contributed by atoms with Crippen molar-refractivity contribution in [2.45, 2.75) is 25.6 Å². The average Bonchev–Trinajstić information content (AvgIpc) is 2.35. The molecule has 20 heavy (non-hydrogen) atoms. The molecule has 0 aliphatic rings. The van der Waals surface area contributed by atoms with Gasteiger partial charge in [0.1, 0.15) is 0 Å². The normalized spacial score (nSPS) is 13.1. The molecule has 0 aliphatic carbocycles. The Morgan fingerprint density at radius 1 is 1.45 bits per heavy atom. The van der Waals surface area contributed by atoms with Gasteiger partial charge >= 0.3 is 6.18 Å². The Bertz CT molecular complexity index is 477. The molecule has 1 amide bonds. The van der Waals surface area contributed by atoms with Crippen LogP contribution in [0.25, 0.3) is 0 Å². The third-order valence-corrected chi connectivity index (χ3v) is 3.43. The zero-order valence-corrected chi connectivity index (χ0v) is 12.1. The fourth-order valence-corrected chi connectivity index (χ4v) is 2.27. The predicted molar refractivity (Wildman–Crippen MR) is 75.8 cm³/mol. The van der Waals surface area contributed by atoms with E-state index in [0.717, 1.165) is 18.2 Å². The van der Waals surface area contributed by atoms with Gasteiger partial charge in [0.2, 0.25) is 0 Å². The van der Waals surface area contributed by atoms with E-state index in [9.17, 15) is 18.0 Å². The van der Waals surface area contributed by atoms with Gasteiger partial charge in [-0.15, -0.1) is 0 Å². The minimum absolute atomic E-state index is 0.121. The summed E-state index contributed by atoms with van der Waals surface area (Å²) in [7, 11) is 0. The summed E-state index contributed by atoms with van der Waals surface area (Å²) in [5, 5.41) is 2.65. The number of carbonyl (C=O) groups excluding carboxylic acids is 1. The SMILES string of the molecule is CSCCC(C)NC(=O)c1cccc(C(F)(F)F)c1N. The van der Waals surface area contributed by atoms with Crippen molar-refractivity contribution in [1.82, 2.24) is 5.32 Å². The standard InChI is InChI=1S/C13H17F3N2OS/c1-8(6-7-20-2)18-12(19)9-4-3-5-10(11(9)17)13(14,15)16/h3-5,8H,6-7,17H2,1-2H3,(H,18,19). The van der Waals surface area contributed by atoms with E-state index in [0.29, 0.717) is 0 Å². The summed E-state index contributed by atoms with van der Waals surface area (Å²) in [5.41, 5.74) is 3.80. The van der Waals surface area contributed by atoms with Crippen LogP contribution in [0.2, 0.25) is 0 Å². The number of nitrogens with two attached hydrogens (primary N) is 1. The maximum absolute atomic E-state index is 12.7. The van der Waals surface area contributed by atoms with Crippen molar-refractivity contribution >= 4 is 23.4 Å². The Morgan fingerprint density at radius 3 is 2.65 bits per heavy atom. The average molecular weight is 306 g/mol. The Balaban J connectivity index is 2.89. The fourth-order valence-electron chi connectivity index (χ4n) is 1.68. The number of para-hydroxylation sites is 1. The van der Waals surface area contributed by atoms with E-state index < -0.39 is 23.3 Å². The summed E-state index contributed by atoms with van der Waals surface area (Å²) in [4.78, 5) is 12.0. The van der Waals surface area contributed by atoms with E-state index in [1.165, 1.54) is 12.1 Å². The van der Waals surface area contributed by atoms with Crippen LogP contribution in [0.4, 0.5) is 18.9 Å². The summed E-state index contributed by atoms with van der Waals surface area (Å²) < 4.78 is 38.1. The van der Waals surface area contributed by atoms with Crippen LogP contribution in [0.5, 0.6) is 0 Å². The van der Waals surface area contributed by atoms with Gasteiger partial charge < -0.3 is 11.1 Å². The number of anilines is 1. The Labute approximate surface area is 120 Å². The zero-order valence-electron chi connectivity index (χ0n) is 11.3. The number of alkyl halides is 3. The molecule has 1 aromatic rings. The largest absolute Gasteiger partial charge is 0.418 e. The minimum Gasteiger partial charge on any atom is -0.398 e. The van der Waals surface area contributed by atoms with Crippen LogP contribution in [-0.4, -0.2) is 24.0 Å². The van der Waals surface area contributed by atoms with E-state index in [2.05, 4.69) is 5.32 Å². The lowest BCUT2D eigenvalue weighted by Crippen LogP contribution is -2.33. The second-order valence-electron chi connectivity index (χ2n) is 4.42. The van der Waals surface area contributed by atoms with Crippen LogP contribution in [0.3, 0.4) is 0 Å². The molecule has 0 aromatic heterocycles. The van der Waals surface area contributed by atoms with Crippen LogP contribution in [0.1, 0.15) is 29.3 Å². The summed E-state index contributed by atoms with van der Waals surface area (Å²) in [6.07, 6.45) is -1.88. The summed E-state index contributed by atoms with van der Waals surface area (Å²) in [6, 6.07) is 3.22. The Kier molecular flexibility index (Phi) is 5.74. The lowest BCUT2D eigenvalue weighted by atomic mass is 10.1. The first kappa shape index (κ1) is 16.7. The molecule has 3 nitrogen and oxygen atoms in total. The third kappa shape index (κ3) is 4.33. The van der Waals surface area contributed by atoms with Gasteiger partial charge in [0.25, 0.3) is 5.91 Å². The molecule has 1 rings (SSSR count). The van der Waals surface area contributed by atoms with Crippen molar-refractivity contribution in [2.24, 2.45) is 0 Å². The third-order valence-electron chi connectivity index (χ3n) is 2.79. The molecule has 112 valence electrons. The molecule has 0 radical (unpaired) electrons. The number of amides is 1. The van der Waals surface area contributed by atoms with Gasteiger partial charge in [-0.2, -0.15) is 24.9 Å². The Hall–Kier alpha value is -1.37. The van der Waals surface area contributed by atoms with Crippen molar-refractivity contribution in [3.05, 3.63) is 29.3 Å². The summed E-state index contributed by atoms with van der Waals surface area (Å²) in [6.45, 7) is 1.80. The number of benzene rings is 1. The van der Waals surface area contributed by atoms with Crippen LogP contribution < -0.4 is 11.1 Å². The molecule has 1 unspecified atom stereocenters. The van der Waals surface area contributed by atoms with E-state index in [-0.39, 0.29) is 11.6 Å². The molecule has 1 atom stereocenters. The number of nitrogen functional groups attached to an aromatic ring is 1. The molecule has 7 heteroatoms. The molecule has 1 aromatic carbocycles. The number of halogens is 3. The van der Waals surface area contributed by atoms with Crippen molar-refractivity contribution < 1.29 is 18.0 Å². The number of carbonyl (C=O) groups is 1. The summed E-state index contributed by atoms with van der Waals surface area (Å²) >= 11 is 1.64. The number of hydrogen-bond acceptors (Lipinski definition) is 3. The second-order valence-corrected chi connectivity index (χ2v) is 5.41. The smallest absolute Gasteiger partial charge is 0.398 e. The molecular formula is C13H17F3N2OS. The first-order chi connectivity index (χ1) is 9.27. The van der Waals surface area contributed by atoms with Crippen molar-refractivity contribution in [1.29, 1.82) is 0 Å². The van der Waals surface area contributed by atoms with Crippen molar-refractivity contribution in [3.8, 4) is 0 Å². The van der Waals surface area contributed by atoms with E-state index in [1.807, 2.05) is 6.26 Å². The molecule has 3 N–H and O–H groups in total. The molecule has 0 aliphatic heterocycles. The molecular weight excluding hydrogens is 289 g/mol. The van der Waals surface area contributed by atoms with Crippen LogP contribution in [-0.2, 0) is 6.18 Å². The monoisotopic (exact) mass is 306 g/mol. The van der Waals surface area contributed by atoms with Crippen molar-refractivity contribution in [3.63, 3.8) is 0 Å². The van der Waals surface area contributed by atoms with E-state index in [4.69, 9.17) is 5.73 Å². The van der Waals surface area contributed by atoms with Crippen LogP contribution in [0.15, 0.2) is 18.2 Å². The zero-order chi connectivity index (χ0) is 15.3. The maximum atomic E-state index is 12.7. The van der Waals surface area contributed by atoms with Crippen LogP contribution in [0, 0.1) is 0 Å². The van der Waals surface area contributed by atoms with E-state index >= 15 is 0 Å². The first-order valence-electron chi connectivity index (χ1n) is 6.02. The van der Waals surface area contributed by atoms with Gasteiger partial charge in [-0.05, 0) is 37.5 Å². The van der Waals surface area contributed by atoms with Crippen molar-refractivity contribution in [2.75, 3.05) is 17.7 Å². The van der Waals surface area contributed by atoms with E-state index in [1.54, 1.807) is 18.7 Å². The van der Waals surface area contributed by atoms with Gasteiger partial charge in [-0.3, -0.25) is 4.79 Å². The van der Waals surface area contributed by atoms with Gasteiger partial charge in [-0.25, -0.2) is 0 Å². The fraction of sp³-hybridized carbons (Fsp3) is 0.462. The lowest BCUT2D eigenvalue weighted by Gasteiger charge is -2.16. The van der Waals surface area contributed by atoms with Gasteiger partial charge in [0.15, 0.2) is 0 Å². The van der Waals surface area contributed by atoms with Gasteiger partial charge in [0, 0.05) is 6.04 Å². The molecule has 0 heterocycles. The molecule has 0 spiro atoms. The highest BCUT2D eigenvalue weighted by atomic mass is 32.2. The highest BCUT2D eigenvalue weighted by molar-refractivity contribution is 7.98. The molecule has 0 saturated carbocycles. The summed E-state index contributed by atoms with van der Waals surface area (Å²) in [5.74, 6) is 0.279. The highest BCUT2D eigenvalue weighted by Gasteiger charge is 2.34. The molecule has 0 fully saturated rings. The maximum Gasteiger partial charge on any atom is 0.418 e. The molecule has 0 bridgehead atoms. The number of nitrogens with one attached hydrogen (secondary N) is 1. The quantitative estimate of drug-likeness (QED) is 0.822. The first-order valence-corrected chi connectivity index (χ1v) is 7.42. The van der Waals surface area contributed by atoms with Gasteiger partial charge in [-0.1, -0.05) is 6.07 Å². The minimum atomic E-state index is -4.56. The topological polar surface area (TPSA) is 55.1 Å². The lowest BCUT2D eigenvalue weighted by molar-refractivity contribution is -0.136. The number of hydrogen-bond donors (Lipinski definition) is 2. The Morgan fingerprint density at radius 2 is 2.10 bits per heavy atom.